The normalized spacial score (nSPS) is 18.1. The van der Waals surface area contributed by atoms with Gasteiger partial charge >= 0.3 is 0 Å². The van der Waals surface area contributed by atoms with Crippen molar-refractivity contribution in [3.8, 4) is 5.75 Å². The highest BCUT2D eigenvalue weighted by Gasteiger charge is 2.33. The van der Waals surface area contributed by atoms with Gasteiger partial charge in [0.25, 0.3) is 0 Å². The van der Waals surface area contributed by atoms with Gasteiger partial charge in [-0.15, -0.1) is 35.3 Å². The number of aryl methyl sites for hydroxylation is 1. The summed E-state index contributed by atoms with van der Waals surface area (Å²) >= 11 is 1.74. The summed E-state index contributed by atoms with van der Waals surface area (Å²) in [5.74, 6) is 1.76. The number of benzene rings is 1. The zero-order valence-corrected chi connectivity index (χ0v) is 19.6. The summed E-state index contributed by atoms with van der Waals surface area (Å²) < 4.78 is 6.11. The van der Waals surface area contributed by atoms with Crippen molar-refractivity contribution in [3.63, 3.8) is 0 Å². The van der Waals surface area contributed by atoms with Gasteiger partial charge in [0.2, 0.25) is 0 Å². The van der Waals surface area contributed by atoms with Crippen LogP contribution in [0.15, 0.2) is 34.6 Å². The van der Waals surface area contributed by atoms with E-state index in [1.54, 1.807) is 11.3 Å². The molecule has 1 unspecified atom stereocenters. The van der Waals surface area contributed by atoms with Gasteiger partial charge in [0.1, 0.15) is 11.4 Å². The van der Waals surface area contributed by atoms with Crippen LogP contribution in [0.25, 0.3) is 0 Å². The molecule has 0 bridgehead atoms. The maximum Gasteiger partial charge on any atom is 0.191 e. The maximum absolute atomic E-state index is 6.11. The molecule has 0 radical (unpaired) electrons. The first-order chi connectivity index (χ1) is 12.5. The smallest absolute Gasteiger partial charge is 0.191 e. The Morgan fingerprint density at radius 2 is 2.15 bits per heavy atom. The first-order valence-electron chi connectivity index (χ1n) is 9.19. The van der Waals surface area contributed by atoms with Crippen molar-refractivity contribution in [3.05, 3.63) is 45.9 Å². The molecule has 5 nitrogen and oxygen atoms in total. The van der Waals surface area contributed by atoms with Crippen LogP contribution in [0.1, 0.15) is 49.5 Å². The Balaban J connectivity index is 0.00000261. The van der Waals surface area contributed by atoms with Crippen LogP contribution in [-0.4, -0.2) is 30.1 Å². The summed E-state index contributed by atoms with van der Waals surface area (Å²) in [5.41, 5.74) is 2.12. The van der Waals surface area contributed by atoms with Crippen LogP contribution in [0.3, 0.4) is 0 Å². The Labute approximate surface area is 183 Å². The van der Waals surface area contributed by atoms with Gasteiger partial charge in [0.05, 0.1) is 16.7 Å². The van der Waals surface area contributed by atoms with E-state index in [4.69, 9.17) is 4.74 Å². The van der Waals surface area contributed by atoms with Crippen molar-refractivity contribution < 1.29 is 4.74 Å². The molecule has 2 heterocycles. The zero-order chi connectivity index (χ0) is 18.6. The van der Waals surface area contributed by atoms with Gasteiger partial charge in [-0.25, -0.2) is 4.98 Å². The fourth-order valence-electron chi connectivity index (χ4n) is 3.23. The number of aromatic nitrogens is 1. The summed E-state index contributed by atoms with van der Waals surface area (Å²) in [7, 11) is 1.81. The monoisotopic (exact) mass is 500 g/mol. The molecule has 2 aromatic rings. The highest BCUT2D eigenvalue weighted by molar-refractivity contribution is 14.0. The zero-order valence-electron chi connectivity index (χ0n) is 16.4. The SMILES string of the molecule is CCc1nc(CCNC(=NC)NC2CC(C)(C)Oc3ccccc32)cs1.I. The number of nitrogens with zero attached hydrogens (tertiary/aromatic N) is 2. The van der Waals surface area contributed by atoms with E-state index in [2.05, 4.69) is 58.9 Å². The van der Waals surface area contributed by atoms with Crippen LogP contribution in [0.4, 0.5) is 0 Å². The Hall–Kier alpha value is -1.35. The van der Waals surface area contributed by atoms with Gasteiger partial charge in [0, 0.05) is 37.4 Å². The summed E-state index contributed by atoms with van der Waals surface area (Å²) in [6.07, 6.45) is 2.78. The number of fused-ring (bicyclic) bond motifs is 1. The average Bonchev–Trinajstić information content (AvgIpc) is 3.07. The second kappa shape index (κ2) is 9.73. The number of thiazole rings is 1. The summed E-state index contributed by atoms with van der Waals surface area (Å²) in [4.78, 5) is 9.01. The molecule has 1 aromatic carbocycles. The molecule has 0 amide bonds. The first kappa shape index (κ1) is 21.9. The summed E-state index contributed by atoms with van der Waals surface area (Å²) in [6.45, 7) is 7.20. The van der Waals surface area contributed by atoms with Crippen LogP contribution < -0.4 is 15.4 Å². The fourth-order valence-corrected chi connectivity index (χ4v) is 4.01. The highest BCUT2D eigenvalue weighted by Crippen LogP contribution is 2.39. The number of para-hydroxylation sites is 1. The number of hydrogen-bond acceptors (Lipinski definition) is 4. The molecule has 0 saturated heterocycles. The lowest BCUT2D eigenvalue weighted by molar-refractivity contribution is 0.0694. The third-order valence-corrected chi connectivity index (χ3v) is 5.53. The van der Waals surface area contributed by atoms with Crippen molar-refractivity contribution in [2.75, 3.05) is 13.6 Å². The molecule has 2 N–H and O–H groups in total. The quantitative estimate of drug-likeness (QED) is 0.365. The molecule has 1 aliphatic heterocycles. The second-order valence-corrected chi connectivity index (χ2v) is 8.08. The van der Waals surface area contributed by atoms with Crippen LogP contribution in [0.5, 0.6) is 5.75 Å². The van der Waals surface area contributed by atoms with E-state index in [1.165, 1.54) is 10.6 Å². The molecule has 1 aliphatic rings. The number of hydrogen-bond donors (Lipinski definition) is 2. The lowest BCUT2D eigenvalue weighted by Crippen LogP contribution is -2.45. The minimum absolute atomic E-state index is 0. The molecule has 1 atom stereocenters. The van der Waals surface area contributed by atoms with Gasteiger partial charge in [0.15, 0.2) is 5.96 Å². The predicted molar refractivity (Wildman–Crippen MR) is 124 cm³/mol. The first-order valence-corrected chi connectivity index (χ1v) is 10.1. The van der Waals surface area contributed by atoms with E-state index >= 15 is 0 Å². The molecule has 0 spiro atoms. The minimum atomic E-state index is -0.206. The van der Waals surface area contributed by atoms with Crippen LogP contribution in [0.2, 0.25) is 0 Å². The summed E-state index contributed by atoms with van der Waals surface area (Å²) in [5, 5.41) is 10.3. The molecular formula is C20H29IN4OS. The van der Waals surface area contributed by atoms with Crippen molar-refractivity contribution in [1.29, 1.82) is 0 Å². The van der Waals surface area contributed by atoms with Gasteiger partial charge < -0.3 is 15.4 Å². The second-order valence-electron chi connectivity index (χ2n) is 7.14. The van der Waals surface area contributed by atoms with Crippen molar-refractivity contribution >= 4 is 41.3 Å². The number of aliphatic imine (C=N–C) groups is 1. The highest BCUT2D eigenvalue weighted by atomic mass is 127. The van der Waals surface area contributed by atoms with Crippen LogP contribution >= 0.6 is 35.3 Å². The van der Waals surface area contributed by atoms with Crippen molar-refractivity contribution in [2.24, 2.45) is 4.99 Å². The fraction of sp³-hybridized carbons (Fsp3) is 0.500. The Morgan fingerprint density at radius 1 is 1.37 bits per heavy atom. The Bertz CT molecular complexity index is 775. The molecule has 7 heteroatoms. The van der Waals surface area contributed by atoms with Crippen molar-refractivity contribution in [2.45, 2.75) is 51.7 Å². The van der Waals surface area contributed by atoms with E-state index in [0.717, 1.165) is 43.2 Å². The van der Waals surface area contributed by atoms with Crippen LogP contribution in [0, 0.1) is 0 Å². The number of rotatable bonds is 5. The van der Waals surface area contributed by atoms with Gasteiger partial charge in [-0.1, -0.05) is 25.1 Å². The minimum Gasteiger partial charge on any atom is -0.487 e. The Morgan fingerprint density at radius 3 is 2.85 bits per heavy atom. The molecule has 1 aromatic heterocycles. The third-order valence-electron chi connectivity index (χ3n) is 4.49. The number of nitrogens with one attached hydrogen (secondary N) is 2. The standard InChI is InChI=1S/C20H28N4OS.HI/c1-5-18-23-14(13-26-18)10-11-22-19(21-4)24-16-12-20(2,3)25-17-9-7-6-8-15(16)17;/h6-9,13,16H,5,10-12H2,1-4H3,(H2,21,22,24);1H. The molecule has 0 aliphatic carbocycles. The number of ether oxygens (including phenoxy) is 1. The lowest BCUT2D eigenvalue weighted by Gasteiger charge is -2.38. The number of guanidine groups is 1. The van der Waals surface area contributed by atoms with Gasteiger partial charge in [-0.2, -0.15) is 0 Å². The van der Waals surface area contributed by atoms with E-state index in [9.17, 15) is 0 Å². The van der Waals surface area contributed by atoms with E-state index in [0.29, 0.717) is 0 Å². The van der Waals surface area contributed by atoms with E-state index in [-0.39, 0.29) is 35.6 Å². The van der Waals surface area contributed by atoms with E-state index < -0.39 is 0 Å². The molecular weight excluding hydrogens is 471 g/mol. The van der Waals surface area contributed by atoms with Crippen LogP contribution in [-0.2, 0) is 12.8 Å². The molecule has 0 fully saturated rings. The number of halogens is 1. The topological polar surface area (TPSA) is 58.5 Å². The molecule has 0 saturated carbocycles. The van der Waals surface area contributed by atoms with E-state index in [1.807, 2.05) is 19.2 Å². The Kier molecular flexibility index (Phi) is 7.91. The molecule has 3 rings (SSSR count). The third kappa shape index (κ3) is 5.81. The lowest BCUT2D eigenvalue weighted by atomic mass is 9.90. The average molecular weight is 500 g/mol. The molecule has 148 valence electrons. The predicted octanol–water partition coefficient (Wildman–Crippen LogP) is 4.33. The summed E-state index contributed by atoms with van der Waals surface area (Å²) in [6, 6.07) is 8.40. The van der Waals surface area contributed by atoms with Crippen molar-refractivity contribution in [1.82, 2.24) is 15.6 Å². The maximum atomic E-state index is 6.11. The van der Waals surface area contributed by atoms with Gasteiger partial charge in [-0.3, -0.25) is 4.99 Å². The molecule has 27 heavy (non-hydrogen) atoms. The van der Waals surface area contributed by atoms with Gasteiger partial charge in [-0.05, 0) is 26.3 Å². The largest absolute Gasteiger partial charge is 0.487 e.